The van der Waals surface area contributed by atoms with Crippen LogP contribution in [0.2, 0.25) is 0 Å². The van der Waals surface area contributed by atoms with Crippen molar-refractivity contribution in [3.05, 3.63) is 23.8 Å². The van der Waals surface area contributed by atoms with Crippen molar-refractivity contribution in [2.24, 2.45) is 5.92 Å². The number of carbonyl (C=O) groups is 1. The Morgan fingerprint density at radius 3 is 2.81 bits per heavy atom. The Bertz CT molecular complexity index is 574. The van der Waals surface area contributed by atoms with Crippen molar-refractivity contribution in [1.82, 2.24) is 10.2 Å². The number of nitrogens with one attached hydrogen (secondary N) is 1. The van der Waals surface area contributed by atoms with Gasteiger partial charge in [-0.1, -0.05) is 20.3 Å². The van der Waals surface area contributed by atoms with Crippen molar-refractivity contribution < 1.29 is 14.3 Å². The van der Waals surface area contributed by atoms with Crippen molar-refractivity contribution in [1.29, 1.82) is 0 Å². The number of hydrogen-bond acceptors (Lipinski definition) is 4. The fourth-order valence-corrected chi connectivity index (χ4v) is 3.24. The minimum absolute atomic E-state index is 0.0679. The van der Waals surface area contributed by atoms with E-state index in [0.717, 1.165) is 19.5 Å². The Labute approximate surface area is 158 Å². The minimum atomic E-state index is -0.0679. The molecule has 146 valence electrons. The first-order chi connectivity index (χ1) is 12.5. The number of likely N-dealkylation sites (tertiary alicyclic amines) is 1. The summed E-state index contributed by atoms with van der Waals surface area (Å²) >= 11 is 0. The molecule has 0 aromatic heterocycles. The second kappa shape index (κ2) is 10.4. The highest BCUT2D eigenvalue weighted by Gasteiger charge is 2.18. The first-order valence-corrected chi connectivity index (χ1v) is 9.84. The Morgan fingerprint density at radius 1 is 1.31 bits per heavy atom. The van der Waals surface area contributed by atoms with Crippen molar-refractivity contribution in [2.45, 2.75) is 52.5 Å². The van der Waals surface area contributed by atoms with Crippen LogP contribution >= 0.6 is 0 Å². The number of rotatable bonds is 9. The molecule has 0 spiro atoms. The van der Waals surface area contributed by atoms with Crippen LogP contribution in [0.4, 0.5) is 0 Å². The molecule has 1 heterocycles. The standard InChI is InChI=1S/C21H34N2O3/c1-16(2)10-14-26-19-9-8-18(15-20(19)25-4)21(24)22-11-13-23-12-6-5-7-17(23)3/h8-9,15-17H,5-7,10-14H2,1-4H3,(H,22,24). The van der Waals surface area contributed by atoms with Crippen LogP contribution in [0.5, 0.6) is 11.5 Å². The molecule has 0 saturated carbocycles. The number of amides is 1. The van der Waals surface area contributed by atoms with Crippen LogP contribution in [-0.2, 0) is 0 Å². The molecule has 1 aliphatic rings. The van der Waals surface area contributed by atoms with E-state index in [9.17, 15) is 4.79 Å². The van der Waals surface area contributed by atoms with E-state index in [1.807, 2.05) is 6.07 Å². The normalized spacial score (nSPS) is 18.0. The third-order valence-electron chi connectivity index (χ3n) is 5.00. The Morgan fingerprint density at radius 2 is 2.12 bits per heavy atom. The summed E-state index contributed by atoms with van der Waals surface area (Å²) in [7, 11) is 1.60. The summed E-state index contributed by atoms with van der Waals surface area (Å²) in [5.74, 6) is 1.81. The minimum Gasteiger partial charge on any atom is -0.493 e. The quantitative estimate of drug-likeness (QED) is 0.727. The molecule has 0 aliphatic carbocycles. The smallest absolute Gasteiger partial charge is 0.251 e. The van der Waals surface area contributed by atoms with Gasteiger partial charge in [0.05, 0.1) is 13.7 Å². The Kier molecular flexibility index (Phi) is 8.23. The zero-order valence-corrected chi connectivity index (χ0v) is 16.7. The van der Waals surface area contributed by atoms with Gasteiger partial charge in [0.1, 0.15) is 0 Å². The molecule has 5 nitrogen and oxygen atoms in total. The molecule has 1 unspecified atom stereocenters. The molecule has 0 bridgehead atoms. The van der Waals surface area contributed by atoms with Gasteiger partial charge in [0, 0.05) is 24.7 Å². The Hall–Kier alpha value is -1.75. The lowest BCUT2D eigenvalue weighted by molar-refractivity contribution is 0.0938. The summed E-state index contributed by atoms with van der Waals surface area (Å²) in [5, 5.41) is 3.02. The van der Waals surface area contributed by atoms with Gasteiger partial charge in [-0.15, -0.1) is 0 Å². The third-order valence-corrected chi connectivity index (χ3v) is 5.00. The first-order valence-electron chi connectivity index (χ1n) is 9.84. The lowest BCUT2D eigenvalue weighted by Crippen LogP contribution is -2.42. The van der Waals surface area contributed by atoms with Crippen LogP contribution in [0.3, 0.4) is 0 Å². The van der Waals surface area contributed by atoms with Crippen LogP contribution in [0.15, 0.2) is 18.2 Å². The van der Waals surface area contributed by atoms with Crippen molar-refractivity contribution >= 4 is 5.91 Å². The molecular weight excluding hydrogens is 328 g/mol. The molecular formula is C21H34N2O3. The number of piperidine rings is 1. The maximum absolute atomic E-state index is 12.4. The zero-order chi connectivity index (χ0) is 18.9. The van der Waals surface area contributed by atoms with E-state index in [0.29, 0.717) is 42.2 Å². The largest absolute Gasteiger partial charge is 0.493 e. The second-order valence-corrected chi connectivity index (χ2v) is 7.53. The first kappa shape index (κ1) is 20.6. The maximum Gasteiger partial charge on any atom is 0.251 e. The van der Waals surface area contributed by atoms with Crippen molar-refractivity contribution in [2.75, 3.05) is 33.4 Å². The number of methoxy groups -OCH3 is 1. The molecule has 5 heteroatoms. The van der Waals surface area contributed by atoms with Crippen LogP contribution in [0.25, 0.3) is 0 Å². The summed E-state index contributed by atoms with van der Waals surface area (Å²) in [6.45, 7) is 9.95. The molecule has 1 atom stereocenters. The van der Waals surface area contributed by atoms with Gasteiger partial charge in [0.15, 0.2) is 11.5 Å². The number of benzene rings is 1. The van der Waals surface area contributed by atoms with Crippen LogP contribution in [0.1, 0.15) is 56.8 Å². The second-order valence-electron chi connectivity index (χ2n) is 7.53. The van der Waals surface area contributed by atoms with Crippen LogP contribution in [0, 0.1) is 5.92 Å². The average Bonchev–Trinajstić information content (AvgIpc) is 2.63. The summed E-state index contributed by atoms with van der Waals surface area (Å²) in [5.41, 5.74) is 0.602. The molecule has 1 amide bonds. The molecule has 26 heavy (non-hydrogen) atoms. The number of nitrogens with zero attached hydrogens (tertiary/aromatic N) is 1. The molecule has 1 saturated heterocycles. The maximum atomic E-state index is 12.4. The molecule has 2 rings (SSSR count). The van der Waals surface area contributed by atoms with E-state index in [1.165, 1.54) is 19.3 Å². The van der Waals surface area contributed by atoms with Gasteiger partial charge < -0.3 is 14.8 Å². The number of ether oxygens (including phenoxy) is 2. The highest BCUT2D eigenvalue weighted by molar-refractivity contribution is 5.94. The van der Waals surface area contributed by atoms with E-state index < -0.39 is 0 Å². The number of carbonyl (C=O) groups excluding carboxylic acids is 1. The third kappa shape index (κ3) is 6.20. The Balaban J connectivity index is 1.85. The number of hydrogen-bond donors (Lipinski definition) is 1. The fraction of sp³-hybridized carbons (Fsp3) is 0.667. The topological polar surface area (TPSA) is 50.8 Å². The molecule has 1 N–H and O–H groups in total. The van der Waals surface area contributed by atoms with E-state index in [1.54, 1.807) is 19.2 Å². The summed E-state index contributed by atoms with van der Waals surface area (Å²) < 4.78 is 11.2. The van der Waals surface area contributed by atoms with Crippen molar-refractivity contribution in [3.8, 4) is 11.5 Å². The summed E-state index contributed by atoms with van der Waals surface area (Å²) in [6.07, 6.45) is 4.81. The van der Waals surface area contributed by atoms with Gasteiger partial charge in [-0.3, -0.25) is 9.69 Å². The highest BCUT2D eigenvalue weighted by atomic mass is 16.5. The highest BCUT2D eigenvalue weighted by Crippen LogP contribution is 2.28. The molecule has 1 aliphatic heterocycles. The van der Waals surface area contributed by atoms with Gasteiger partial charge in [-0.2, -0.15) is 0 Å². The van der Waals surface area contributed by atoms with Gasteiger partial charge in [0.25, 0.3) is 5.91 Å². The average molecular weight is 363 g/mol. The lowest BCUT2D eigenvalue weighted by atomic mass is 10.0. The molecule has 1 aromatic rings. The SMILES string of the molecule is COc1cc(C(=O)NCCN2CCCCC2C)ccc1OCCC(C)C. The van der Waals surface area contributed by atoms with Crippen molar-refractivity contribution in [3.63, 3.8) is 0 Å². The van der Waals surface area contributed by atoms with Gasteiger partial charge >= 0.3 is 0 Å². The van der Waals surface area contributed by atoms with Crippen LogP contribution in [-0.4, -0.2) is 50.2 Å². The van der Waals surface area contributed by atoms with E-state index in [2.05, 4.69) is 31.0 Å². The zero-order valence-electron chi connectivity index (χ0n) is 16.7. The predicted molar refractivity (Wildman–Crippen MR) is 105 cm³/mol. The lowest BCUT2D eigenvalue weighted by Gasteiger charge is -2.33. The van der Waals surface area contributed by atoms with Crippen LogP contribution < -0.4 is 14.8 Å². The van der Waals surface area contributed by atoms with E-state index >= 15 is 0 Å². The molecule has 1 fully saturated rings. The van der Waals surface area contributed by atoms with E-state index in [4.69, 9.17) is 9.47 Å². The molecule has 1 aromatic carbocycles. The van der Waals surface area contributed by atoms with Gasteiger partial charge in [-0.25, -0.2) is 0 Å². The molecule has 0 radical (unpaired) electrons. The monoisotopic (exact) mass is 362 g/mol. The summed E-state index contributed by atoms with van der Waals surface area (Å²) in [4.78, 5) is 14.9. The predicted octanol–water partition coefficient (Wildman–Crippen LogP) is 3.72. The summed E-state index contributed by atoms with van der Waals surface area (Å²) in [6, 6.07) is 5.99. The van der Waals surface area contributed by atoms with E-state index in [-0.39, 0.29) is 5.91 Å². The fourth-order valence-electron chi connectivity index (χ4n) is 3.24. The van der Waals surface area contributed by atoms with Gasteiger partial charge in [0.2, 0.25) is 0 Å². The van der Waals surface area contributed by atoms with Gasteiger partial charge in [-0.05, 0) is 56.8 Å².